The van der Waals surface area contributed by atoms with E-state index in [2.05, 4.69) is 11.1 Å². The maximum atomic E-state index is 9.19. The van der Waals surface area contributed by atoms with Gasteiger partial charge in [0.05, 0.1) is 0 Å². The van der Waals surface area contributed by atoms with Crippen LogP contribution in [0.15, 0.2) is 61.4 Å². The van der Waals surface area contributed by atoms with Gasteiger partial charge in [0.2, 0.25) is 0 Å². The van der Waals surface area contributed by atoms with E-state index in [0.29, 0.717) is 0 Å². The molecule has 2 nitrogen and oxygen atoms in total. The first kappa shape index (κ1) is 10.4. The van der Waals surface area contributed by atoms with Crippen LogP contribution in [0.3, 0.4) is 0 Å². The fraction of sp³-hybridized carbons (Fsp3) is 0.0714. The number of aromatic hydroxyl groups is 1. The first-order chi connectivity index (χ1) is 7.75. The highest BCUT2D eigenvalue weighted by molar-refractivity contribution is 5.62. The third-order valence-corrected chi connectivity index (χ3v) is 2.43. The van der Waals surface area contributed by atoms with Crippen molar-refractivity contribution in [2.75, 3.05) is 0 Å². The van der Waals surface area contributed by atoms with Crippen LogP contribution in [-0.2, 0) is 6.54 Å². The van der Waals surface area contributed by atoms with E-state index in [1.165, 1.54) is 0 Å². The summed E-state index contributed by atoms with van der Waals surface area (Å²) in [7, 11) is 0. The lowest BCUT2D eigenvalue weighted by atomic mass is 10.1. The van der Waals surface area contributed by atoms with Crippen molar-refractivity contribution in [3.63, 3.8) is 0 Å². The monoisotopic (exact) mass is 212 g/mol. The van der Waals surface area contributed by atoms with Gasteiger partial charge in [-0.1, -0.05) is 24.8 Å². The number of pyridine rings is 1. The molecule has 0 aliphatic rings. The molecule has 0 spiro atoms. The molecular formula is C14H14NO+. The quantitative estimate of drug-likeness (QED) is 0.776. The number of benzene rings is 1. The second-order valence-corrected chi connectivity index (χ2v) is 3.70. The number of hydrogen-bond donors (Lipinski definition) is 1. The van der Waals surface area contributed by atoms with Crippen LogP contribution in [0.25, 0.3) is 5.57 Å². The fourth-order valence-corrected chi connectivity index (χ4v) is 1.55. The minimum absolute atomic E-state index is 0.281. The van der Waals surface area contributed by atoms with E-state index in [0.717, 1.165) is 17.7 Å². The standard InChI is InChI=1S/C14H13NO/c1-12(11-15-9-3-2-4-10-15)13-5-7-14(16)8-6-13/h2-10H,1,11H2/p+1. The summed E-state index contributed by atoms with van der Waals surface area (Å²) in [5.41, 5.74) is 2.07. The van der Waals surface area contributed by atoms with E-state index in [1.54, 1.807) is 12.1 Å². The van der Waals surface area contributed by atoms with Crippen LogP contribution in [0.5, 0.6) is 5.75 Å². The Bertz CT molecular complexity index is 474. The molecule has 80 valence electrons. The lowest BCUT2D eigenvalue weighted by Crippen LogP contribution is -2.32. The van der Waals surface area contributed by atoms with Crippen molar-refractivity contribution in [3.8, 4) is 5.75 Å². The minimum atomic E-state index is 0.281. The maximum Gasteiger partial charge on any atom is 0.173 e. The Morgan fingerprint density at radius 3 is 2.31 bits per heavy atom. The Labute approximate surface area is 95.1 Å². The van der Waals surface area contributed by atoms with Crippen molar-refractivity contribution in [2.45, 2.75) is 6.54 Å². The van der Waals surface area contributed by atoms with Gasteiger partial charge in [-0.2, -0.15) is 0 Å². The molecule has 0 amide bonds. The smallest absolute Gasteiger partial charge is 0.173 e. The van der Waals surface area contributed by atoms with Gasteiger partial charge in [0.1, 0.15) is 5.75 Å². The number of phenols is 1. The molecule has 0 atom stereocenters. The molecule has 0 aliphatic carbocycles. The third kappa shape index (κ3) is 2.48. The minimum Gasteiger partial charge on any atom is -0.508 e. The zero-order valence-corrected chi connectivity index (χ0v) is 9.00. The van der Waals surface area contributed by atoms with E-state index in [4.69, 9.17) is 0 Å². The number of aromatic nitrogens is 1. The van der Waals surface area contributed by atoms with Gasteiger partial charge in [-0.05, 0) is 17.7 Å². The zero-order valence-electron chi connectivity index (χ0n) is 9.00. The Balaban J connectivity index is 2.12. The SMILES string of the molecule is C=C(C[n+]1ccccc1)c1ccc(O)cc1. The van der Waals surface area contributed by atoms with E-state index >= 15 is 0 Å². The number of rotatable bonds is 3. The molecule has 1 aromatic carbocycles. The molecule has 2 heteroatoms. The highest BCUT2D eigenvalue weighted by atomic mass is 16.3. The topological polar surface area (TPSA) is 24.1 Å². The Morgan fingerprint density at radius 1 is 1.06 bits per heavy atom. The largest absolute Gasteiger partial charge is 0.508 e. The molecule has 0 radical (unpaired) electrons. The molecule has 0 bridgehead atoms. The second kappa shape index (κ2) is 4.62. The predicted octanol–water partition coefficient (Wildman–Crippen LogP) is 2.39. The molecule has 0 aliphatic heterocycles. The van der Waals surface area contributed by atoms with Crippen molar-refractivity contribution in [3.05, 3.63) is 67.0 Å². The summed E-state index contributed by atoms with van der Waals surface area (Å²) in [4.78, 5) is 0. The van der Waals surface area contributed by atoms with Crippen LogP contribution in [-0.4, -0.2) is 5.11 Å². The summed E-state index contributed by atoms with van der Waals surface area (Å²) >= 11 is 0. The molecule has 1 aromatic heterocycles. The van der Waals surface area contributed by atoms with Crippen molar-refractivity contribution >= 4 is 5.57 Å². The highest BCUT2D eigenvalue weighted by Crippen LogP contribution is 2.16. The Morgan fingerprint density at radius 2 is 1.69 bits per heavy atom. The van der Waals surface area contributed by atoms with Crippen molar-refractivity contribution < 1.29 is 9.67 Å². The Hall–Kier alpha value is -2.09. The first-order valence-corrected chi connectivity index (χ1v) is 5.17. The summed E-state index contributed by atoms with van der Waals surface area (Å²) in [6.45, 7) is 4.80. The van der Waals surface area contributed by atoms with Gasteiger partial charge >= 0.3 is 0 Å². The fourth-order valence-electron chi connectivity index (χ4n) is 1.55. The van der Waals surface area contributed by atoms with Gasteiger partial charge in [0.15, 0.2) is 18.9 Å². The Kier molecular flexibility index (Phi) is 3.01. The molecule has 2 rings (SSSR count). The van der Waals surface area contributed by atoms with Gasteiger partial charge in [-0.3, -0.25) is 0 Å². The van der Waals surface area contributed by atoms with Crippen LogP contribution in [0.2, 0.25) is 0 Å². The van der Waals surface area contributed by atoms with E-state index < -0.39 is 0 Å². The maximum absolute atomic E-state index is 9.19. The number of nitrogens with zero attached hydrogens (tertiary/aromatic N) is 1. The van der Waals surface area contributed by atoms with E-state index in [-0.39, 0.29) is 5.75 Å². The first-order valence-electron chi connectivity index (χ1n) is 5.17. The molecule has 1 N–H and O–H groups in total. The van der Waals surface area contributed by atoms with Gasteiger partial charge in [0, 0.05) is 17.7 Å². The van der Waals surface area contributed by atoms with Crippen molar-refractivity contribution in [1.29, 1.82) is 0 Å². The van der Waals surface area contributed by atoms with Gasteiger partial charge in [-0.15, -0.1) is 0 Å². The van der Waals surface area contributed by atoms with Crippen molar-refractivity contribution in [1.82, 2.24) is 0 Å². The van der Waals surface area contributed by atoms with Crippen LogP contribution in [0.4, 0.5) is 0 Å². The van der Waals surface area contributed by atoms with Crippen LogP contribution < -0.4 is 4.57 Å². The molecule has 16 heavy (non-hydrogen) atoms. The highest BCUT2D eigenvalue weighted by Gasteiger charge is 2.04. The third-order valence-electron chi connectivity index (χ3n) is 2.43. The molecule has 0 saturated carbocycles. The molecular weight excluding hydrogens is 198 g/mol. The van der Waals surface area contributed by atoms with E-state index in [9.17, 15) is 5.11 Å². The summed E-state index contributed by atoms with van der Waals surface area (Å²) in [5, 5.41) is 9.19. The average molecular weight is 212 g/mol. The van der Waals surface area contributed by atoms with Gasteiger partial charge in [-0.25, -0.2) is 4.57 Å². The van der Waals surface area contributed by atoms with Crippen LogP contribution in [0, 0.1) is 0 Å². The normalized spacial score (nSPS) is 10.0. The second-order valence-electron chi connectivity index (χ2n) is 3.70. The molecule has 1 heterocycles. The molecule has 0 fully saturated rings. The van der Waals surface area contributed by atoms with Crippen LogP contribution in [0.1, 0.15) is 5.56 Å². The summed E-state index contributed by atoms with van der Waals surface area (Å²) < 4.78 is 2.06. The lowest BCUT2D eigenvalue weighted by molar-refractivity contribution is -0.684. The van der Waals surface area contributed by atoms with Crippen LogP contribution >= 0.6 is 0 Å². The predicted molar refractivity (Wildman–Crippen MR) is 63.8 cm³/mol. The summed E-state index contributed by atoms with van der Waals surface area (Å²) in [6.07, 6.45) is 4.01. The average Bonchev–Trinajstić information content (AvgIpc) is 2.31. The van der Waals surface area contributed by atoms with Crippen molar-refractivity contribution in [2.24, 2.45) is 0 Å². The summed E-state index contributed by atoms with van der Waals surface area (Å²) in [5.74, 6) is 0.281. The molecule has 2 aromatic rings. The van der Waals surface area contributed by atoms with E-state index in [1.807, 2.05) is 42.7 Å². The lowest BCUT2D eigenvalue weighted by Gasteiger charge is -2.02. The number of hydrogen-bond acceptors (Lipinski definition) is 1. The number of phenolic OH excluding ortho intramolecular Hbond substituents is 1. The van der Waals surface area contributed by atoms with Gasteiger partial charge in [0.25, 0.3) is 0 Å². The number of allylic oxidation sites excluding steroid dienone is 1. The van der Waals surface area contributed by atoms with Gasteiger partial charge < -0.3 is 5.11 Å². The molecule has 0 unspecified atom stereocenters. The zero-order chi connectivity index (χ0) is 11.4. The summed E-state index contributed by atoms with van der Waals surface area (Å²) in [6, 6.07) is 13.1. The molecule has 0 saturated heterocycles.